The molecule has 0 amide bonds. The highest BCUT2D eigenvalue weighted by molar-refractivity contribution is 5.36. The minimum absolute atomic E-state index is 0.346. The molecule has 0 spiro atoms. The molecule has 2 rings (SSSR count). The average Bonchev–Trinajstić information content (AvgIpc) is 2.39. The van der Waals surface area contributed by atoms with E-state index in [0.29, 0.717) is 36.7 Å². The number of ether oxygens (including phenoxy) is 2. The lowest BCUT2D eigenvalue weighted by Crippen LogP contribution is -2.40. The molecule has 0 saturated heterocycles. The van der Waals surface area contributed by atoms with Crippen molar-refractivity contribution in [2.24, 2.45) is 0 Å². The first-order chi connectivity index (χ1) is 9.25. The van der Waals surface area contributed by atoms with E-state index in [1.54, 1.807) is 14.2 Å². The molecule has 0 bridgehead atoms. The van der Waals surface area contributed by atoms with Gasteiger partial charge in [0.05, 0.1) is 12.7 Å². The van der Waals surface area contributed by atoms with Crippen molar-refractivity contribution < 1.29 is 9.47 Å². The number of methoxy groups -OCH3 is 1. The van der Waals surface area contributed by atoms with E-state index in [-0.39, 0.29) is 0 Å². The van der Waals surface area contributed by atoms with Crippen LogP contribution in [0.25, 0.3) is 0 Å². The molecular weight excluding hydrogens is 246 g/mol. The van der Waals surface area contributed by atoms with Crippen LogP contribution in [0.15, 0.2) is 0 Å². The van der Waals surface area contributed by atoms with Crippen LogP contribution in [-0.2, 0) is 4.74 Å². The van der Waals surface area contributed by atoms with E-state index in [4.69, 9.17) is 9.47 Å². The van der Waals surface area contributed by atoms with Gasteiger partial charge in [-0.3, -0.25) is 0 Å². The SMILES string of the molecule is CCCOc1nc(NC)nc(NC2CC(OC)C2)n1. The van der Waals surface area contributed by atoms with Crippen LogP contribution in [0.2, 0.25) is 0 Å². The molecule has 1 saturated carbocycles. The molecule has 7 nitrogen and oxygen atoms in total. The largest absolute Gasteiger partial charge is 0.463 e. The molecule has 1 fully saturated rings. The zero-order chi connectivity index (χ0) is 13.7. The number of rotatable bonds is 7. The maximum atomic E-state index is 5.45. The quantitative estimate of drug-likeness (QED) is 0.770. The molecule has 1 aliphatic rings. The van der Waals surface area contributed by atoms with Crippen LogP contribution in [0.5, 0.6) is 6.01 Å². The molecule has 0 atom stereocenters. The van der Waals surface area contributed by atoms with Crippen molar-refractivity contribution in [3.8, 4) is 6.01 Å². The molecule has 2 N–H and O–H groups in total. The highest BCUT2D eigenvalue weighted by Gasteiger charge is 2.29. The van der Waals surface area contributed by atoms with Gasteiger partial charge in [-0.1, -0.05) is 6.92 Å². The molecule has 7 heteroatoms. The second-order valence-electron chi connectivity index (χ2n) is 4.53. The number of hydrogen-bond acceptors (Lipinski definition) is 7. The Hall–Kier alpha value is -1.63. The van der Waals surface area contributed by atoms with Gasteiger partial charge in [0.1, 0.15) is 0 Å². The summed E-state index contributed by atoms with van der Waals surface area (Å²) < 4.78 is 10.7. The second kappa shape index (κ2) is 6.51. The Bertz CT molecular complexity index is 409. The minimum Gasteiger partial charge on any atom is -0.463 e. The van der Waals surface area contributed by atoms with Gasteiger partial charge in [-0.05, 0) is 19.3 Å². The van der Waals surface area contributed by atoms with Gasteiger partial charge in [0.2, 0.25) is 11.9 Å². The fourth-order valence-electron chi connectivity index (χ4n) is 1.85. The number of nitrogens with zero attached hydrogens (tertiary/aromatic N) is 3. The maximum absolute atomic E-state index is 5.45. The molecule has 0 unspecified atom stereocenters. The summed E-state index contributed by atoms with van der Waals surface area (Å²) in [4.78, 5) is 12.7. The summed E-state index contributed by atoms with van der Waals surface area (Å²) in [7, 11) is 3.51. The molecular formula is C12H21N5O2. The molecule has 0 aromatic carbocycles. The molecule has 1 heterocycles. The average molecular weight is 267 g/mol. The van der Waals surface area contributed by atoms with Crippen molar-refractivity contribution in [1.29, 1.82) is 0 Å². The summed E-state index contributed by atoms with van der Waals surface area (Å²) in [5.41, 5.74) is 0. The third-order valence-corrected chi connectivity index (χ3v) is 3.04. The predicted molar refractivity (Wildman–Crippen MR) is 72.6 cm³/mol. The summed E-state index contributed by atoms with van der Waals surface area (Å²) in [5, 5.41) is 6.18. The normalized spacial score (nSPS) is 21.6. The van der Waals surface area contributed by atoms with Gasteiger partial charge in [0.25, 0.3) is 0 Å². The standard InChI is InChI=1S/C12H21N5O2/c1-4-5-19-12-16-10(13-2)15-11(17-12)14-8-6-9(7-8)18-3/h8-9H,4-7H2,1-3H3,(H2,13,14,15,16,17). The van der Waals surface area contributed by atoms with Crippen molar-refractivity contribution in [3.05, 3.63) is 0 Å². The summed E-state index contributed by atoms with van der Waals surface area (Å²) >= 11 is 0. The van der Waals surface area contributed by atoms with Crippen LogP contribution in [0.1, 0.15) is 26.2 Å². The lowest BCUT2D eigenvalue weighted by Gasteiger charge is -2.34. The van der Waals surface area contributed by atoms with Crippen molar-refractivity contribution in [2.45, 2.75) is 38.3 Å². The summed E-state index contributed by atoms with van der Waals surface area (Å²) in [6, 6.07) is 0.711. The van der Waals surface area contributed by atoms with E-state index in [2.05, 4.69) is 25.6 Å². The van der Waals surface area contributed by atoms with Gasteiger partial charge in [-0.25, -0.2) is 0 Å². The van der Waals surface area contributed by atoms with Gasteiger partial charge in [-0.2, -0.15) is 15.0 Å². The molecule has 19 heavy (non-hydrogen) atoms. The topological polar surface area (TPSA) is 81.2 Å². The van der Waals surface area contributed by atoms with E-state index in [1.165, 1.54) is 0 Å². The molecule has 1 aliphatic carbocycles. The fraction of sp³-hybridized carbons (Fsp3) is 0.750. The van der Waals surface area contributed by atoms with Gasteiger partial charge in [0, 0.05) is 20.2 Å². The molecule has 0 radical (unpaired) electrons. The third kappa shape index (κ3) is 3.66. The van der Waals surface area contributed by atoms with Gasteiger partial charge < -0.3 is 20.1 Å². The number of nitrogens with one attached hydrogen (secondary N) is 2. The number of anilines is 2. The predicted octanol–water partition coefficient (Wildman–Crippen LogP) is 1.29. The van der Waals surface area contributed by atoms with Crippen LogP contribution in [-0.4, -0.2) is 47.9 Å². The zero-order valence-corrected chi connectivity index (χ0v) is 11.6. The van der Waals surface area contributed by atoms with Crippen LogP contribution in [0.4, 0.5) is 11.9 Å². The lowest BCUT2D eigenvalue weighted by molar-refractivity contribution is 0.0327. The summed E-state index contributed by atoms with van der Waals surface area (Å²) in [6.45, 7) is 2.64. The van der Waals surface area contributed by atoms with Gasteiger partial charge in [0.15, 0.2) is 0 Å². The second-order valence-corrected chi connectivity index (χ2v) is 4.53. The Morgan fingerprint density at radius 3 is 2.58 bits per heavy atom. The fourth-order valence-corrected chi connectivity index (χ4v) is 1.85. The first-order valence-electron chi connectivity index (χ1n) is 6.61. The zero-order valence-electron chi connectivity index (χ0n) is 11.6. The van der Waals surface area contributed by atoms with Gasteiger partial charge >= 0.3 is 6.01 Å². The lowest BCUT2D eigenvalue weighted by atomic mass is 9.89. The van der Waals surface area contributed by atoms with Crippen LogP contribution in [0.3, 0.4) is 0 Å². The Balaban J connectivity index is 1.98. The van der Waals surface area contributed by atoms with Crippen LogP contribution in [0, 0.1) is 0 Å². The van der Waals surface area contributed by atoms with Crippen LogP contribution < -0.4 is 15.4 Å². The van der Waals surface area contributed by atoms with Crippen molar-refractivity contribution >= 4 is 11.9 Å². The number of aromatic nitrogens is 3. The van der Waals surface area contributed by atoms with Crippen LogP contribution >= 0.6 is 0 Å². The van der Waals surface area contributed by atoms with Crippen molar-refractivity contribution in [1.82, 2.24) is 15.0 Å². The Morgan fingerprint density at radius 1 is 1.21 bits per heavy atom. The first kappa shape index (κ1) is 13.8. The van der Waals surface area contributed by atoms with E-state index < -0.39 is 0 Å². The van der Waals surface area contributed by atoms with E-state index in [1.807, 2.05) is 6.92 Å². The maximum Gasteiger partial charge on any atom is 0.323 e. The highest BCUT2D eigenvalue weighted by atomic mass is 16.5. The summed E-state index contributed by atoms with van der Waals surface area (Å²) in [5.74, 6) is 1.05. The molecule has 1 aromatic heterocycles. The van der Waals surface area contributed by atoms with E-state index in [0.717, 1.165) is 19.3 Å². The molecule has 1 aromatic rings. The smallest absolute Gasteiger partial charge is 0.323 e. The Kier molecular flexibility index (Phi) is 4.73. The first-order valence-corrected chi connectivity index (χ1v) is 6.61. The summed E-state index contributed by atoms with van der Waals surface area (Å²) in [6.07, 6.45) is 3.21. The van der Waals surface area contributed by atoms with E-state index in [9.17, 15) is 0 Å². The molecule has 106 valence electrons. The third-order valence-electron chi connectivity index (χ3n) is 3.04. The van der Waals surface area contributed by atoms with Gasteiger partial charge in [-0.15, -0.1) is 0 Å². The van der Waals surface area contributed by atoms with Crippen molar-refractivity contribution in [2.75, 3.05) is 31.4 Å². The van der Waals surface area contributed by atoms with E-state index >= 15 is 0 Å². The number of hydrogen-bond donors (Lipinski definition) is 2. The highest BCUT2D eigenvalue weighted by Crippen LogP contribution is 2.25. The Morgan fingerprint density at radius 2 is 1.95 bits per heavy atom. The minimum atomic E-state index is 0.346. The van der Waals surface area contributed by atoms with Crippen molar-refractivity contribution in [3.63, 3.8) is 0 Å². The monoisotopic (exact) mass is 267 g/mol. The molecule has 0 aliphatic heterocycles. The Labute approximate surface area is 113 Å².